The van der Waals surface area contributed by atoms with Gasteiger partial charge in [-0.25, -0.2) is 3.63 Å². The Bertz CT molecular complexity index is 1060. The second-order valence-corrected chi connectivity index (χ2v) is 14.1. The van der Waals surface area contributed by atoms with Crippen LogP contribution >= 0.6 is 10.3 Å². The highest BCUT2D eigenvalue weighted by Crippen LogP contribution is 2.65. The van der Waals surface area contributed by atoms with Crippen LogP contribution in [0, 0.1) is 0 Å². The van der Waals surface area contributed by atoms with Gasteiger partial charge in [0.05, 0.1) is 5.75 Å². The third-order valence-electron chi connectivity index (χ3n) is 5.80. The van der Waals surface area contributed by atoms with E-state index in [4.69, 9.17) is 0 Å². The molecule has 0 atom stereocenters. The van der Waals surface area contributed by atoms with E-state index in [-0.39, 0.29) is 25.7 Å². The maximum absolute atomic E-state index is 14.6. The molecule has 0 aliphatic carbocycles. The smallest absolute Gasteiger partial charge is 0.299 e. The van der Waals surface area contributed by atoms with Gasteiger partial charge < -0.3 is 0 Å². The van der Waals surface area contributed by atoms with Crippen molar-refractivity contribution >= 4 is 26.2 Å². The van der Waals surface area contributed by atoms with Crippen LogP contribution in [-0.2, 0) is 18.5 Å². The largest absolute Gasteiger partial charge is 0.460 e. The maximum atomic E-state index is 14.6. The summed E-state index contributed by atoms with van der Waals surface area (Å²) in [5, 5.41) is -7.77. The number of alkyl halides is 17. The van der Waals surface area contributed by atoms with E-state index in [0.29, 0.717) is 0 Å². The third-order valence-corrected chi connectivity index (χ3v) is 11.5. The molecule has 4 nitrogen and oxygen atoms in total. The monoisotopic (exact) mass is 716 g/mol. The van der Waals surface area contributed by atoms with Crippen LogP contribution < -0.4 is 0 Å². The molecule has 23 heteroatoms. The Morgan fingerprint density at radius 1 is 0.558 bits per heavy atom. The molecule has 0 bridgehead atoms. The molecule has 0 aromatic carbocycles. The Labute approximate surface area is 235 Å². The SMILES string of the molecule is CCCCS(CCCC)(CC(=O)CC)OS(=O)(=O)C(F)(F)C(F)(F)C(F)(F)C(F)(F)C(F)(F)C(F)(F)C(F)(F)C(F)(F)F. The molecule has 0 spiro atoms. The Balaban J connectivity index is 7.18. The van der Waals surface area contributed by atoms with Crippen LogP contribution in [0.3, 0.4) is 0 Å². The first-order valence-corrected chi connectivity index (χ1v) is 15.2. The number of ketones is 1. The van der Waals surface area contributed by atoms with Crippen LogP contribution in [0.25, 0.3) is 0 Å². The van der Waals surface area contributed by atoms with Gasteiger partial charge in [-0.15, -0.1) is 10.3 Å². The van der Waals surface area contributed by atoms with Gasteiger partial charge in [-0.05, 0) is 12.8 Å². The van der Waals surface area contributed by atoms with Gasteiger partial charge in [0.1, 0.15) is 5.78 Å². The van der Waals surface area contributed by atoms with Crippen molar-refractivity contribution in [2.75, 3.05) is 17.3 Å². The van der Waals surface area contributed by atoms with Crippen LogP contribution in [0.5, 0.6) is 0 Å². The fourth-order valence-corrected chi connectivity index (χ4v) is 9.04. The fraction of sp³-hybridized carbons (Fsp3) is 0.950. The number of halogens is 17. The van der Waals surface area contributed by atoms with Crippen LogP contribution in [0.1, 0.15) is 52.9 Å². The normalized spacial score (nSPS) is 16.0. The van der Waals surface area contributed by atoms with Gasteiger partial charge >= 0.3 is 57.1 Å². The maximum Gasteiger partial charge on any atom is 0.460 e. The average molecular weight is 717 g/mol. The van der Waals surface area contributed by atoms with Gasteiger partial charge in [-0.1, -0.05) is 33.6 Å². The standard InChI is InChI=1S/C20H25F17O4S2/c1-4-7-9-42(10-8-5-2,11-12(38)6-3)41-43(39,40)20(36,37)18(31,32)16(27,28)14(23,24)13(21,22)15(25,26)17(29,30)19(33,34)35/h4-11H2,1-3H3. The second kappa shape index (κ2) is 12.9. The van der Waals surface area contributed by atoms with Gasteiger partial charge in [0.15, 0.2) is 0 Å². The number of hydrogen-bond donors (Lipinski definition) is 0. The van der Waals surface area contributed by atoms with E-state index in [0.717, 1.165) is 6.92 Å². The molecule has 0 amide bonds. The number of rotatable bonds is 18. The molecule has 0 saturated heterocycles. The van der Waals surface area contributed by atoms with Crippen LogP contribution in [0.15, 0.2) is 0 Å². The van der Waals surface area contributed by atoms with E-state index in [9.17, 15) is 87.8 Å². The van der Waals surface area contributed by atoms with E-state index >= 15 is 0 Å². The minimum absolute atomic E-state index is 0.0906. The van der Waals surface area contributed by atoms with E-state index < -0.39 is 96.9 Å². The molecule has 0 aliphatic heterocycles. The van der Waals surface area contributed by atoms with Crippen LogP contribution in [0.2, 0.25) is 0 Å². The predicted octanol–water partition coefficient (Wildman–Crippen LogP) is 8.60. The first kappa shape index (κ1) is 41.7. The van der Waals surface area contributed by atoms with Crippen molar-refractivity contribution in [2.24, 2.45) is 0 Å². The zero-order valence-electron chi connectivity index (χ0n) is 22.0. The highest BCUT2D eigenvalue weighted by molar-refractivity contribution is 8.33. The van der Waals surface area contributed by atoms with E-state index in [1.807, 2.05) is 0 Å². The molecule has 0 N–H and O–H groups in total. The van der Waals surface area contributed by atoms with Crippen molar-refractivity contribution in [3.63, 3.8) is 0 Å². The van der Waals surface area contributed by atoms with Gasteiger partial charge in [0, 0.05) is 17.9 Å². The summed E-state index contributed by atoms with van der Waals surface area (Å²) in [7, 11) is -11.6. The molecule has 0 radical (unpaired) electrons. The first-order valence-electron chi connectivity index (χ1n) is 11.7. The number of carbonyl (C=O) groups excluding carboxylic acids is 1. The van der Waals surface area contributed by atoms with Gasteiger partial charge in [0.25, 0.3) is 0 Å². The molecule has 0 aromatic rings. The number of unbranched alkanes of at least 4 members (excludes halogenated alkanes) is 2. The molecule has 0 unspecified atom stereocenters. The third kappa shape index (κ3) is 6.96. The van der Waals surface area contributed by atoms with Crippen LogP contribution in [-0.4, -0.2) is 78.4 Å². The lowest BCUT2D eigenvalue weighted by Crippen LogP contribution is -2.75. The van der Waals surface area contributed by atoms with Crippen molar-refractivity contribution in [1.29, 1.82) is 0 Å². The zero-order valence-corrected chi connectivity index (χ0v) is 23.7. The number of carbonyl (C=O) groups is 1. The second-order valence-electron chi connectivity index (χ2n) is 9.10. The molecule has 0 saturated carbocycles. The van der Waals surface area contributed by atoms with E-state index in [1.165, 1.54) is 13.8 Å². The number of hydrogen-bond acceptors (Lipinski definition) is 4. The lowest BCUT2D eigenvalue weighted by Gasteiger charge is -2.43. The van der Waals surface area contributed by atoms with Gasteiger partial charge in [0.2, 0.25) is 0 Å². The Morgan fingerprint density at radius 2 is 0.884 bits per heavy atom. The summed E-state index contributed by atoms with van der Waals surface area (Å²) in [4.78, 5) is 12.0. The van der Waals surface area contributed by atoms with Crippen molar-refractivity contribution in [2.45, 2.75) is 99.8 Å². The Hall–Kier alpha value is -1.26. The highest BCUT2D eigenvalue weighted by atomic mass is 32.3. The first-order chi connectivity index (χ1) is 18.8. The lowest BCUT2D eigenvalue weighted by molar-refractivity contribution is -0.458. The molecular weight excluding hydrogens is 691 g/mol. The summed E-state index contributed by atoms with van der Waals surface area (Å²) in [6.45, 7) is 3.97. The number of Topliss-reactive ketones (excluding diaryl/α,β-unsaturated/α-hetero) is 1. The summed E-state index contributed by atoms with van der Waals surface area (Å²) in [5.41, 5.74) is 0. The summed E-state index contributed by atoms with van der Waals surface area (Å²) >= 11 is 0. The quantitative estimate of drug-likeness (QED) is 0.133. The lowest BCUT2D eigenvalue weighted by atomic mass is 9.91. The summed E-state index contributed by atoms with van der Waals surface area (Å²) in [5.74, 6) is -55.5. The molecule has 43 heavy (non-hydrogen) atoms. The van der Waals surface area contributed by atoms with Crippen molar-refractivity contribution in [1.82, 2.24) is 0 Å². The molecular formula is C20H25F17O4S2. The predicted molar refractivity (Wildman–Crippen MR) is 118 cm³/mol. The van der Waals surface area contributed by atoms with Crippen molar-refractivity contribution in [3.8, 4) is 0 Å². The van der Waals surface area contributed by atoms with Crippen molar-refractivity contribution < 1.29 is 91.5 Å². The zero-order chi connectivity index (χ0) is 34.9. The molecule has 260 valence electrons. The molecule has 0 heterocycles. The molecule has 0 aromatic heterocycles. The summed E-state index contributed by atoms with van der Waals surface area (Å²) in [6.07, 6.45) is -8.54. The molecule has 0 fully saturated rings. The minimum Gasteiger partial charge on any atom is -0.299 e. The fourth-order valence-electron chi connectivity index (χ4n) is 3.09. The Kier molecular flexibility index (Phi) is 12.5. The minimum atomic E-state index is -8.92. The highest BCUT2D eigenvalue weighted by Gasteiger charge is 2.96. The van der Waals surface area contributed by atoms with Crippen molar-refractivity contribution in [3.05, 3.63) is 0 Å². The summed E-state index contributed by atoms with van der Waals surface area (Å²) < 4.78 is 259. The van der Waals surface area contributed by atoms with E-state index in [2.05, 4.69) is 3.63 Å². The van der Waals surface area contributed by atoms with Gasteiger partial charge in [-0.3, -0.25) is 4.79 Å². The topological polar surface area (TPSA) is 60.4 Å². The molecule has 0 aliphatic rings. The van der Waals surface area contributed by atoms with Crippen LogP contribution in [0.4, 0.5) is 74.6 Å². The molecule has 0 rings (SSSR count). The van der Waals surface area contributed by atoms with E-state index in [1.54, 1.807) is 0 Å². The average Bonchev–Trinajstić information content (AvgIpc) is 2.84. The summed E-state index contributed by atoms with van der Waals surface area (Å²) in [6, 6.07) is 0. The Morgan fingerprint density at radius 3 is 1.19 bits per heavy atom. The van der Waals surface area contributed by atoms with Gasteiger partial charge in [-0.2, -0.15) is 83.1 Å².